The quantitative estimate of drug-likeness (QED) is 0.703. The van der Waals surface area contributed by atoms with Gasteiger partial charge in [-0.3, -0.25) is 5.32 Å². The molecule has 0 radical (unpaired) electrons. The van der Waals surface area contributed by atoms with Gasteiger partial charge in [-0.05, 0) is 33.6 Å². The number of ether oxygens (including phenoxy) is 1. The summed E-state index contributed by atoms with van der Waals surface area (Å²) in [5.41, 5.74) is 0.395. The van der Waals surface area contributed by atoms with Crippen LogP contribution in [0, 0.1) is 5.41 Å². The lowest BCUT2D eigenvalue weighted by molar-refractivity contribution is -0.00536. The van der Waals surface area contributed by atoms with Crippen LogP contribution in [-0.4, -0.2) is 18.4 Å². The Bertz CT molecular complexity index is 209. The van der Waals surface area contributed by atoms with Crippen LogP contribution in [-0.2, 0) is 4.74 Å². The number of methoxy groups -OCH3 is 1. The van der Waals surface area contributed by atoms with Crippen molar-refractivity contribution in [2.24, 2.45) is 5.41 Å². The summed E-state index contributed by atoms with van der Waals surface area (Å²) in [5, 5.41) is 3.61. The van der Waals surface area contributed by atoms with Crippen LogP contribution >= 0.6 is 0 Å². The second-order valence-electron chi connectivity index (χ2n) is 5.89. The maximum Gasteiger partial charge on any atom is 0.125 e. The normalized spacial score (nSPS) is 37.3. The smallest absolute Gasteiger partial charge is 0.125 e. The van der Waals surface area contributed by atoms with Gasteiger partial charge in [0.25, 0.3) is 0 Å². The Balaban J connectivity index is 2.65. The predicted molar refractivity (Wildman–Crippen MR) is 60.3 cm³/mol. The summed E-state index contributed by atoms with van der Waals surface area (Å²) in [4.78, 5) is 0. The Kier molecular flexibility index (Phi) is 2.99. The Morgan fingerprint density at radius 3 is 2.29 bits per heavy atom. The Hall–Kier alpha value is -0.0800. The summed E-state index contributed by atoms with van der Waals surface area (Å²) < 4.78 is 5.68. The Morgan fingerprint density at radius 2 is 1.93 bits per heavy atom. The van der Waals surface area contributed by atoms with Crippen LogP contribution in [0.5, 0.6) is 0 Å². The maximum absolute atomic E-state index is 5.68. The van der Waals surface area contributed by atoms with Crippen molar-refractivity contribution in [1.29, 1.82) is 0 Å². The number of rotatable bonds is 4. The van der Waals surface area contributed by atoms with Crippen LogP contribution in [0.3, 0.4) is 0 Å². The molecule has 0 aliphatic heterocycles. The maximum atomic E-state index is 5.68. The van der Waals surface area contributed by atoms with Crippen molar-refractivity contribution < 1.29 is 4.74 Å². The molecule has 1 saturated carbocycles. The third kappa shape index (κ3) is 2.12. The molecule has 14 heavy (non-hydrogen) atoms. The van der Waals surface area contributed by atoms with E-state index in [0.29, 0.717) is 5.41 Å². The summed E-state index contributed by atoms with van der Waals surface area (Å²) >= 11 is 0. The molecule has 2 unspecified atom stereocenters. The van der Waals surface area contributed by atoms with E-state index in [2.05, 4.69) is 39.9 Å². The molecule has 1 N–H and O–H groups in total. The molecule has 0 amide bonds. The third-order valence-corrected chi connectivity index (χ3v) is 3.22. The summed E-state index contributed by atoms with van der Waals surface area (Å²) in [6.45, 7) is 11.1. The van der Waals surface area contributed by atoms with E-state index in [1.165, 1.54) is 12.8 Å². The Morgan fingerprint density at radius 1 is 1.36 bits per heavy atom. The second kappa shape index (κ2) is 3.49. The molecule has 1 aliphatic rings. The summed E-state index contributed by atoms with van der Waals surface area (Å²) in [5.74, 6) is 0. The Labute approximate surface area is 88.4 Å². The highest BCUT2D eigenvalue weighted by Gasteiger charge is 2.65. The van der Waals surface area contributed by atoms with Gasteiger partial charge in [-0.2, -0.15) is 0 Å². The summed E-state index contributed by atoms with van der Waals surface area (Å²) in [6, 6.07) is 0. The first-order valence-corrected chi connectivity index (χ1v) is 5.63. The third-order valence-electron chi connectivity index (χ3n) is 3.22. The first kappa shape index (κ1) is 12.0. The zero-order chi connectivity index (χ0) is 11.0. The van der Waals surface area contributed by atoms with Crippen molar-refractivity contribution >= 4 is 0 Å². The topological polar surface area (TPSA) is 21.3 Å². The molecular formula is C12H25NO. The molecule has 1 rings (SSSR count). The fourth-order valence-corrected chi connectivity index (χ4v) is 2.52. The zero-order valence-electron chi connectivity index (χ0n) is 10.5. The highest BCUT2D eigenvalue weighted by molar-refractivity contribution is 5.14. The van der Waals surface area contributed by atoms with Gasteiger partial charge >= 0.3 is 0 Å². The molecule has 2 heteroatoms. The van der Waals surface area contributed by atoms with Crippen molar-refractivity contribution in [3.8, 4) is 0 Å². The van der Waals surface area contributed by atoms with Crippen LogP contribution in [0.15, 0.2) is 0 Å². The van der Waals surface area contributed by atoms with E-state index in [0.717, 1.165) is 6.42 Å². The molecular weight excluding hydrogens is 174 g/mol. The molecule has 2 atom stereocenters. The van der Waals surface area contributed by atoms with E-state index in [4.69, 9.17) is 4.74 Å². The molecule has 2 nitrogen and oxygen atoms in total. The van der Waals surface area contributed by atoms with Gasteiger partial charge in [0.05, 0.1) is 0 Å². The SMILES string of the molecule is CCCC1(C)CC1(NC(C)(C)C)OC. The standard InChI is InChI=1S/C12H25NO/c1-7-8-11(5)9-12(11,14-6)13-10(2,3)4/h13H,7-9H2,1-6H3. The van der Waals surface area contributed by atoms with Gasteiger partial charge in [0.15, 0.2) is 0 Å². The van der Waals surface area contributed by atoms with Crippen molar-refractivity contribution in [3.05, 3.63) is 0 Å². The molecule has 1 aliphatic carbocycles. The van der Waals surface area contributed by atoms with E-state index in [9.17, 15) is 0 Å². The monoisotopic (exact) mass is 199 g/mol. The predicted octanol–water partition coefficient (Wildman–Crippen LogP) is 2.93. The average molecular weight is 199 g/mol. The molecule has 0 saturated heterocycles. The lowest BCUT2D eigenvalue weighted by Gasteiger charge is -2.31. The number of hydrogen-bond acceptors (Lipinski definition) is 2. The van der Waals surface area contributed by atoms with Crippen molar-refractivity contribution in [3.63, 3.8) is 0 Å². The van der Waals surface area contributed by atoms with E-state index >= 15 is 0 Å². The van der Waals surface area contributed by atoms with Crippen LogP contribution in [0.2, 0.25) is 0 Å². The molecule has 0 aromatic carbocycles. The molecule has 0 aromatic heterocycles. The fraction of sp³-hybridized carbons (Fsp3) is 1.00. The van der Waals surface area contributed by atoms with Gasteiger partial charge in [0.2, 0.25) is 0 Å². The zero-order valence-corrected chi connectivity index (χ0v) is 10.5. The van der Waals surface area contributed by atoms with Crippen LogP contribution in [0.4, 0.5) is 0 Å². The molecule has 84 valence electrons. The number of hydrogen-bond donors (Lipinski definition) is 1. The highest BCUT2D eigenvalue weighted by Crippen LogP contribution is 2.59. The van der Waals surface area contributed by atoms with Crippen molar-refractivity contribution in [2.75, 3.05) is 7.11 Å². The van der Waals surface area contributed by atoms with Crippen molar-refractivity contribution in [1.82, 2.24) is 5.32 Å². The van der Waals surface area contributed by atoms with E-state index in [1.807, 2.05) is 7.11 Å². The van der Waals surface area contributed by atoms with Gasteiger partial charge in [-0.1, -0.05) is 20.3 Å². The van der Waals surface area contributed by atoms with Crippen molar-refractivity contribution in [2.45, 2.75) is 65.1 Å². The van der Waals surface area contributed by atoms with Crippen LogP contribution in [0.1, 0.15) is 53.9 Å². The minimum absolute atomic E-state index is 0.0682. The lowest BCUT2D eigenvalue weighted by atomic mass is 9.99. The average Bonchev–Trinajstić information content (AvgIpc) is 2.54. The van der Waals surface area contributed by atoms with Gasteiger partial charge < -0.3 is 4.74 Å². The van der Waals surface area contributed by atoms with Gasteiger partial charge in [0.1, 0.15) is 5.72 Å². The minimum Gasteiger partial charge on any atom is -0.363 e. The minimum atomic E-state index is -0.0682. The van der Waals surface area contributed by atoms with Crippen LogP contribution in [0.25, 0.3) is 0 Å². The lowest BCUT2D eigenvalue weighted by Crippen LogP contribution is -2.49. The highest BCUT2D eigenvalue weighted by atomic mass is 16.5. The first-order chi connectivity index (χ1) is 6.29. The molecule has 0 spiro atoms. The van der Waals surface area contributed by atoms with Gasteiger partial charge in [0, 0.05) is 18.1 Å². The van der Waals surface area contributed by atoms with Gasteiger partial charge in [-0.25, -0.2) is 0 Å². The van der Waals surface area contributed by atoms with E-state index in [1.54, 1.807) is 0 Å². The van der Waals surface area contributed by atoms with Crippen LogP contribution < -0.4 is 5.32 Å². The molecule has 0 heterocycles. The number of nitrogens with one attached hydrogen (secondary N) is 1. The summed E-state index contributed by atoms with van der Waals surface area (Å²) in [7, 11) is 1.82. The molecule has 0 bridgehead atoms. The molecule has 0 aromatic rings. The van der Waals surface area contributed by atoms with Gasteiger partial charge in [-0.15, -0.1) is 0 Å². The second-order valence-corrected chi connectivity index (χ2v) is 5.89. The van der Waals surface area contributed by atoms with E-state index < -0.39 is 0 Å². The largest absolute Gasteiger partial charge is 0.363 e. The first-order valence-electron chi connectivity index (χ1n) is 5.63. The summed E-state index contributed by atoms with van der Waals surface area (Å²) in [6.07, 6.45) is 3.61. The molecule has 1 fully saturated rings. The fourth-order valence-electron chi connectivity index (χ4n) is 2.52. The van der Waals surface area contributed by atoms with E-state index in [-0.39, 0.29) is 11.3 Å².